The molecule has 8 atom stereocenters. The number of aliphatic hydroxyl groups is 4. The Morgan fingerprint density at radius 2 is 1.72 bits per heavy atom. The molecule has 5 aromatic carbocycles. The highest BCUT2D eigenvalue weighted by Crippen LogP contribution is 2.62. The van der Waals surface area contributed by atoms with E-state index in [-0.39, 0.29) is 81.1 Å². The van der Waals surface area contributed by atoms with Crippen molar-refractivity contribution in [2.75, 3.05) is 59.9 Å². The van der Waals surface area contributed by atoms with Crippen LogP contribution in [0.5, 0.6) is 28.7 Å². The van der Waals surface area contributed by atoms with Gasteiger partial charge >= 0.3 is 0 Å². The van der Waals surface area contributed by atoms with Crippen molar-refractivity contribution < 1.29 is 49.6 Å². The summed E-state index contributed by atoms with van der Waals surface area (Å²) in [5, 5.41) is 82.5. The van der Waals surface area contributed by atoms with Gasteiger partial charge in [-0.15, -0.1) is 0 Å². The van der Waals surface area contributed by atoms with Crippen LogP contribution in [0.1, 0.15) is 121 Å². The number of aromatic amines is 1. The van der Waals surface area contributed by atoms with E-state index in [0.717, 1.165) is 74.8 Å². The molecule has 2 bridgehead atoms. The van der Waals surface area contributed by atoms with E-state index < -0.39 is 35.6 Å². The van der Waals surface area contributed by atoms with Crippen LogP contribution in [0, 0.1) is 17.8 Å². The Labute approximate surface area is 481 Å². The van der Waals surface area contributed by atoms with E-state index in [1.165, 1.54) is 11.1 Å². The molecule has 0 saturated heterocycles. The lowest BCUT2D eigenvalue weighted by molar-refractivity contribution is -0.141. The highest BCUT2D eigenvalue weighted by molar-refractivity contribution is 5.90. The number of H-pyrrole nitrogens is 1. The number of phenolic OH excluding ortho intramolecular Hbond substituents is 2. The molecule has 3 aliphatic heterocycles. The van der Waals surface area contributed by atoms with E-state index in [2.05, 4.69) is 107 Å². The molecule has 8 unspecified atom stereocenters. The fourth-order valence-electron chi connectivity index (χ4n) is 13.8. The van der Waals surface area contributed by atoms with Gasteiger partial charge < -0.3 is 65.2 Å². The normalized spacial score (nSPS) is 23.0. The molecule has 1 aromatic heterocycles. The van der Waals surface area contributed by atoms with Crippen molar-refractivity contribution in [2.24, 2.45) is 5.92 Å². The SMILES string of the molecule is CNCOC12Cc3c4c(c5c(c3OC1c1cc(CCCO)c(O)c(c1)OC(CO)CC#CC2NCNCC(C)(O)CC(C)C)CCC(CO)O5)-c1ccc(O)c2c1C(C4)C(c1ccc3[nH]ccc3c1)C(CNCCCc1ccccc1)=C2. The number of aryl methyl sites for hydroxylation is 2. The van der Waals surface area contributed by atoms with Crippen LogP contribution < -0.4 is 35.5 Å². The van der Waals surface area contributed by atoms with Gasteiger partial charge in [0.15, 0.2) is 17.6 Å². The number of rotatable bonds is 22. The maximum absolute atomic E-state index is 12.1. The Bertz CT molecular complexity index is 3350. The predicted octanol–water partition coefficient (Wildman–Crippen LogP) is 7.96. The molecule has 0 saturated carbocycles. The number of hydrogen-bond donors (Lipinski definition) is 11. The topological polar surface area (TPSA) is 222 Å². The zero-order valence-electron chi connectivity index (χ0n) is 47.7. The molecule has 0 fully saturated rings. The van der Waals surface area contributed by atoms with E-state index in [1.54, 1.807) is 12.1 Å². The van der Waals surface area contributed by atoms with Crippen LogP contribution in [-0.4, -0.2) is 125 Å². The number of hydrogen-bond acceptors (Lipinski definition) is 14. The lowest BCUT2D eigenvalue weighted by atomic mass is 9.62. The minimum atomic E-state index is -1.34. The summed E-state index contributed by atoms with van der Waals surface area (Å²) in [6, 6.07) is 26.1. The molecule has 82 heavy (non-hydrogen) atoms. The molecule has 2 aliphatic carbocycles. The van der Waals surface area contributed by atoms with Crippen LogP contribution in [0.15, 0.2) is 90.6 Å². The lowest BCUT2D eigenvalue weighted by Gasteiger charge is -2.50. The first-order chi connectivity index (χ1) is 39.8. The fourth-order valence-corrected chi connectivity index (χ4v) is 13.8. The Morgan fingerprint density at radius 1 is 0.878 bits per heavy atom. The highest BCUT2D eigenvalue weighted by atomic mass is 16.6. The number of ether oxygens (including phenoxy) is 4. The Morgan fingerprint density at radius 3 is 2.51 bits per heavy atom. The van der Waals surface area contributed by atoms with Crippen LogP contribution >= 0.6 is 0 Å². The number of aliphatic hydroxyl groups excluding tert-OH is 3. The van der Waals surface area contributed by atoms with Crippen molar-refractivity contribution >= 4 is 17.0 Å². The van der Waals surface area contributed by atoms with Crippen molar-refractivity contribution in [1.29, 1.82) is 0 Å². The zero-order chi connectivity index (χ0) is 57.1. The van der Waals surface area contributed by atoms with E-state index in [9.17, 15) is 30.6 Å². The molecule has 11 rings (SSSR count). The second-order valence-corrected chi connectivity index (χ2v) is 23.9. The monoisotopic (exact) mass is 1120 g/mol. The number of fused-ring (bicyclic) bond motifs is 12. The second-order valence-electron chi connectivity index (χ2n) is 23.9. The Balaban J connectivity index is 1.10. The van der Waals surface area contributed by atoms with Gasteiger partial charge in [0.2, 0.25) is 0 Å². The lowest BCUT2D eigenvalue weighted by Crippen LogP contribution is -2.62. The first kappa shape index (κ1) is 57.4. The van der Waals surface area contributed by atoms with Gasteiger partial charge in [0, 0.05) is 79.1 Å². The summed E-state index contributed by atoms with van der Waals surface area (Å²) in [7, 11) is 1.83. The summed E-state index contributed by atoms with van der Waals surface area (Å²) >= 11 is 0. The molecule has 0 spiro atoms. The predicted molar refractivity (Wildman–Crippen MR) is 319 cm³/mol. The van der Waals surface area contributed by atoms with Crippen LogP contribution in [0.4, 0.5) is 0 Å². The van der Waals surface area contributed by atoms with Gasteiger partial charge in [-0.05, 0) is 176 Å². The summed E-state index contributed by atoms with van der Waals surface area (Å²) in [6.45, 7) is 7.46. The Hall–Kier alpha value is -6.42. The number of nitrogens with one attached hydrogen (secondary N) is 5. The van der Waals surface area contributed by atoms with E-state index in [1.807, 2.05) is 38.4 Å². The van der Waals surface area contributed by atoms with E-state index >= 15 is 0 Å². The van der Waals surface area contributed by atoms with Crippen LogP contribution in [0.3, 0.4) is 0 Å². The summed E-state index contributed by atoms with van der Waals surface area (Å²) < 4.78 is 28.7. The van der Waals surface area contributed by atoms with Gasteiger partial charge in [-0.3, -0.25) is 10.6 Å². The smallest absolute Gasteiger partial charge is 0.162 e. The zero-order valence-corrected chi connectivity index (χ0v) is 47.7. The Kier molecular flexibility index (Phi) is 17.4. The van der Waals surface area contributed by atoms with E-state index in [0.29, 0.717) is 74.2 Å². The summed E-state index contributed by atoms with van der Waals surface area (Å²) in [5.74, 6) is 8.57. The molecular formula is C67H81N5O10. The average molecular weight is 1120 g/mol. The molecule has 15 heteroatoms. The van der Waals surface area contributed by atoms with Crippen molar-refractivity contribution in [3.63, 3.8) is 0 Å². The van der Waals surface area contributed by atoms with Crippen LogP contribution in [0.25, 0.3) is 28.1 Å². The van der Waals surface area contributed by atoms with Gasteiger partial charge in [-0.2, -0.15) is 0 Å². The summed E-state index contributed by atoms with van der Waals surface area (Å²) in [6.07, 6.45) is 7.27. The molecule has 6 aromatic rings. The highest BCUT2D eigenvalue weighted by Gasteiger charge is 2.55. The first-order valence-corrected chi connectivity index (χ1v) is 29.5. The van der Waals surface area contributed by atoms with Crippen LogP contribution in [-0.2, 0) is 36.8 Å². The van der Waals surface area contributed by atoms with Gasteiger partial charge in [-0.1, -0.05) is 68.2 Å². The quantitative estimate of drug-likeness (QED) is 0.0177. The molecule has 15 nitrogen and oxygen atoms in total. The van der Waals surface area contributed by atoms with Crippen molar-refractivity contribution in [1.82, 2.24) is 26.3 Å². The van der Waals surface area contributed by atoms with Gasteiger partial charge in [0.25, 0.3) is 0 Å². The maximum atomic E-state index is 12.1. The van der Waals surface area contributed by atoms with Crippen molar-refractivity contribution in [3.05, 3.63) is 141 Å². The summed E-state index contributed by atoms with van der Waals surface area (Å²) in [4.78, 5) is 3.40. The van der Waals surface area contributed by atoms with Gasteiger partial charge in [-0.25, -0.2) is 0 Å². The molecule has 5 aliphatic rings. The minimum Gasteiger partial charge on any atom is -0.507 e. The molecule has 0 radical (unpaired) electrons. The third-order valence-electron chi connectivity index (χ3n) is 17.4. The van der Waals surface area contributed by atoms with Crippen LogP contribution in [0.2, 0.25) is 0 Å². The van der Waals surface area contributed by atoms with Gasteiger partial charge in [0.1, 0.15) is 41.1 Å². The molecule has 434 valence electrons. The summed E-state index contributed by atoms with van der Waals surface area (Å²) in [5.41, 5.74) is 10.1. The largest absolute Gasteiger partial charge is 0.507 e. The molecule has 11 N–H and O–H groups in total. The number of aromatic nitrogens is 1. The standard InChI is InChI=1S/C67H81N5O10/c1-40(2)32-66(3,78)37-70-38-72-58-16-8-15-47(35-74)80-57-30-45(28-44(62(57)77)14-10-26-73)65-67(58,79-39-68-4)33-54-51-31-53-59(43-17-21-55-42(27-43)23-25-71-55)46(34-69-24-9-13-41-11-6-5-7-12-41)29-52-56(76)22-20-49(60(52)53)61(51)64-50(63(54)82-65)19-18-48(36-75)81-64/h5-7,11-12,17,20-23,25,27-30,40,47-48,53,58-59,65,68-78H,9-10,13-15,18-19,24,26,31-39H2,1-4H3. The number of benzene rings is 5. The second kappa shape index (κ2) is 24.8. The number of aromatic hydroxyl groups is 2. The van der Waals surface area contributed by atoms with Crippen molar-refractivity contribution in [3.8, 4) is 51.7 Å². The molecular weight excluding hydrogens is 1030 g/mol. The minimum absolute atomic E-state index is 0.0828. The first-order valence-electron chi connectivity index (χ1n) is 29.5. The van der Waals surface area contributed by atoms with Gasteiger partial charge in [0.05, 0.1) is 25.5 Å². The van der Waals surface area contributed by atoms with E-state index in [4.69, 9.17) is 18.9 Å². The maximum Gasteiger partial charge on any atom is 0.162 e. The third-order valence-corrected chi connectivity index (χ3v) is 17.4. The number of phenols is 2. The molecule has 0 amide bonds. The third kappa shape index (κ3) is 11.5. The average Bonchev–Trinajstić information content (AvgIpc) is 3.99. The van der Waals surface area contributed by atoms with Crippen molar-refractivity contribution in [2.45, 2.75) is 132 Å². The fraction of sp³-hybridized carbons (Fsp3) is 0.463. The molecule has 4 heterocycles.